The second-order valence-corrected chi connectivity index (χ2v) is 7.69. The van der Waals surface area contributed by atoms with Gasteiger partial charge < -0.3 is 0 Å². The maximum absolute atomic E-state index is 11.2. The predicted molar refractivity (Wildman–Crippen MR) is 48.0 cm³/mol. The Bertz CT molecular complexity index is 167. The fourth-order valence-corrected chi connectivity index (χ4v) is 5.91. The minimum absolute atomic E-state index is 0.544. The van der Waals surface area contributed by atoms with Gasteiger partial charge in [-0.05, 0) is 26.3 Å². The molecular formula is C6H13OS2+. The monoisotopic (exact) mass is 165 g/mol. The van der Waals surface area contributed by atoms with Crippen molar-refractivity contribution in [3.8, 4) is 0 Å². The van der Waals surface area contributed by atoms with E-state index in [0.29, 0.717) is 10.9 Å². The van der Waals surface area contributed by atoms with E-state index < -0.39 is 9.52 Å². The highest BCUT2D eigenvalue weighted by molar-refractivity contribution is 8.05. The number of hydrogen-bond acceptors (Lipinski definition) is 1. The van der Waals surface area contributed by atoms with Crippen molar-refractivity contribution < 1.29 is 4.21 Å². The predicted octanol–water partition coefficient (Wildman–Crippen LogP) is -0.0355. The summed E-state index contributed by atoms with van der Waals surface area (Å²) >= 11 is 0. The summed E-state index contributed by atoms with van der Waals surface area (Å²) in [5, 5.41) is 0. The standard InChI is InChI=1S/C6H13OS2/c1-8-3-5-9(2,7)6-4-8/h2-6H2,1H3/q+1. The van der Waals surface area contributed by atoms with Crippen LogP contribution in [0.4, 0.5) is 0 Å². The zero-order valence-electron chi connectivity index (χ0n) is 5.76. The molecule has 0 aliphatic carbocycles. The largest absolute Gasteiger partial charge is 0.268 e. The molecule has 1 fully saturated rings. The fraction of sp³-hybridized carbons (Fsp3) is 0.833. The molecule has 9 heavy (non-hydrogen) atoms. The summed E-state index contributed by atoms with van der Waals surface area (Å²) in [6.45, 7) is 0. The first-order valence-electron chi connectivity index (χ1n) is 3.02. The van der Waals surface area contributed by atoms with Crippen LogP contribution in [0.25, 0.3) is 0 Å². The molecule has 0 bridgehead atoms. The van der Waals surface area contributed by atoms with Crippen LogP contribution in [0.1, 0.15) is 0 Å². The smallest absolute Gasteiger partial charge is 0.118 e. The van der Waals surface area contributed by atoms with Crippen LogP contribution in [0.3, 0.4) is 0 Å². The van der Waals surface area contributed by atoms with Crippen LogP contribution in [-0.2, 0) is 20.4 Å². The number of hydrogen-bond donors (Lipinski definition) is 0. The van der Waals surface area contributed by atoms with E-state index in [0.717, 1.165) is 23.0 Å². The molecule has 0 aromatic heterocycles. The molecule has 0 aromatic carbocycles. The average Bonchev–Trinajstić information content (AvgIpc) is 1.78. The van der Waals surface area contributed by atoms with Gasteiger partial charge in [0.2, 0.25) is 0 Å². The minimum Gasteiger partial charge on any atom is -0.268 e. The molecule has 0 aromatic rings. The third kappa shape index (κ3) is 2.22. The molecule has 0 spiro atoms. The topological polar surface area (TPSA) is 17.1 Å². The summed E-state index contributed by atoms with van der Waals surface area (Å²) in [5.41, 5.74) is 0. The maximum Gasteiger partial charge on any atom is 0.118 e. The van der Waals surface area contributed by atoms with Gasteiger partial charge in [0.25, 0.3) is 0 Å². The van der Waals surface area contributed by atoms with Crippen molar-refractivity contribution in [2.24, 2.45) is 0 Å². The third-order valence-electron chi connectivity index (χ3n) is 1.61. The quantitative estimate of drug-likeness (QED) is 0.364. The summed E-state index contributed by atoms with van der Waals surface area (Å²) < 4.78 is 11.2. The van der Waals surface area contributed by atoms with Crippen molar-refractivity contribution in [2.75, 3.05) is 29.3 Å². The molecule has 1 aliphatic rings. The van der Waals surface area contributed by atoms with Gasteiger partial charge in [-0.2, -0.15) is 0 Å². The van der Waals surface area contributed by atoms with E-state index in [-0.39, 0.29) is 0 Å². The van der Waals surface area contributed by atoms with E-state index in [4.69, 9.17) is 0 Å². The Hall–Kier alpha value is 0.370. The SMILES string of the molecule is C=S1(=O)CC[S+](C)CC1. The molecule has 3 heteroatoms. The van der Waals surface area contributed by atoms with Gasteiger partial charge in [-0.1, -0.05) is 0 Å². The molecule has 0 unspecified atom stereocenters. The van der Waals surface area contributed by atoms with Gasteiger partial charge in [0.15, 0.2) is 0 Å². The Labute approximate surface area is 60.2 Å². The lowest BCUT2D eigenvalue weighted by Gasteiger charge is -2.13. The molecule has 0 amide bonds. The lowest BCUT2D eigenvalue weighted by molar-refractivity contribution is 0.682. The van der Waals surface area contributed by atoms with Crippen LogP contribution >= 0.6 is 0 Å². The normalized spacial score (nSPS) is 44.8. The van der Waals surface area contributed by atoms with Gasteiger partial charge in [0, 0.05) is 0 Å². The van der Waals surface area contributed by atoms with Crippen molar-refractivity contribution in [3.05, 3.63) is 0 Å². The van der Waals surface area contributed by atoms with Crippen molar-refractivity contribution in [3.63, 3.8) is 0 Å². The second kappa shape index (κ2) is 2.54. The van der Waals surface area contributed by atoms with E-state index in [1.54, 1.807) is 0 Å². The molecule has 54 valence electrons. The Morgan fingerprint density at radius 1 is 1.44 bits per heavy atom. The average molecular weight is 165 g/mol. The third-order valence-corrected chi connectivity index (χ3v) is 5.82. The van der Waals surface area contributed by atoms with E-state index in [1.807, 2.05) is 0 Å². The summed E-state index contributed by atoms with van der Waals surface area (Å²) in [6, 6.07) is 0. The molecule has 1 nitrogen and oxygen atoms in total. The Balaban J connectivity index is 2.55. The highest BCUT2D eigenvalue weighted by atomic mass is 32.2. The van der Waals surface area contributed by atoms with Crippen LogP contribution in [0.15, 0.2) is 0 Å². The zero-order chi connectivity index (χ0) is 6.91. The number of rotatable bonds is 0. The van der Waals surface area contributed by atoms with Crippen molar-refractivity contribution in [1.82, 2.24) is 0 Å². The Kier molecular flexibility index (Phi) is 2.11. The fourth-order valence-electron chi connectivity index (χ4n) is 0.792. The highest BCUT2D eigenvalue weighted by Crippen LogP contribution is 2.05. The lowest BCUT2D eigenvalue weighted by Crippen LogP contribution is -2.30. The Morgan fingerprint density at radius 3 is 2.22 bits per heavy atom. The summed E-state index contributed by atoms with van der Waals surface area (Å²) in [5.74, 6) is 7.71. The van der Waals surface area contributed by atoms with Crippen molar-refractivity contribution in [1.29, 1.82) is 0 Å². The molecule has 0 saturated carbocycles. The zero-order valence-corrected chi connectivity index (χ0v) is 7.39. The molecule has 1 rings (SSSR count). The van der Waals surface area contributed by atoms with Crippen LogP contribution in [0, 0.1) is 0 Å². The summed E-state index contributed by atoms with van der Waals surface area (Å²) in [6.07, 6.45) is 2.24. The van der Waals surface area contributed by atoms with Crippen LogP contribution < -0.4 is 0 Å². The molecule has 0 atom stereocenters. The van der Waals surface area contributed by atoms with Gasteiger partial charge >= 0.3 is 0 Å². The van der Waals surface area contributed by atoms with E-state index in [1.165, 1.54) is 0 Å². The Morgan fingerprint density at radius 2 is 1.89 bits per heavy atom. The summed E-state index contributed by atoms with van der Waals surface area (Å²) in [7, 11) is -1.06. The van der Waals surface area contributed by atoms with Crippen molar-refractivity contribution in [2.45, 2.75) is 0 Å². The highest BCUT2D eigenvalue weighted by Gasteiger charge is 2.22. The van der Waals surface area contributed by atoms with Gasteiger partial charge in [0.05, 0.1) is 17.8 Å². The minimum atomic E-state index is -1.61. The summed E-state index contributed by atoms with van der Waals surface area (Å²) in [4.78, 5) is 0. The van der Waals surface area contributed by atoms with Crippen LogP contribution in [-0.4, -0.2) is 39.3 Å². The van der Waals surface area contributed by atoms with Crippen LogP contribution in [0.2, 0.25) is 0 Å². The van der Waals surface area contributed by atoms with E-state index in [2.05, 4.69) is 12.1 Å². The molecule has 1 saturated heterocycles. The van der Waals surface area contributed by atoms with Gasteiger partial charge in [0.1, 0.15) is 11.5 Å². The van der Waals surface area contributed by atoms with Crippen molar-refractivity contribution >= 4 is 26.3 Å². The van der Waals surface area contributed by atoms with Gasteiger partial charge in [-0.25, -0.2) is 0 Å². The molecule has 0 N–H and O–H groups in total. The molecule has 0 radical (unpaired) electrons. The van der Waals surface area contributed by atoms with Gasteiger partial charge in [-0.3, -0.25) is 4.21 Å². The second-order valence-electron chi connectivity index (χ2n) is 2.56. The maximum atomic E-state index is 11.2. The van der Waals surface area contributed by atoms with E-state index >= 15 is 0 Å². The van der Waals surface area contributed by atoms with Crippen LogP contribution in [0.5, 0.6) is 0 Å². The molecule has 1 heterocycles. The van der Waals surface area contributed by atoms with E-state index in [9.17, 15) is 4.21 Å². The molecule has 1 aliphatic heterocycles. The lowest BCUT2D eigenvalue weighted by atomic mass is 10.9. The first-order valence-corrected chi connectivity index (χ1v) is 7.05. The van der Waals surface area contributed by atoms with Gasteiger partial charge in [-0.15, -0.1) is 0 Å². The first kappa shape index (κ1) is 7.48. The first-order chi connectivity index (χ1) is 4.10. The molecular weight excluding hydrogens is 152 g/mol.